The van der Waals surface area contributed by atoms with Crippen molar-refractivity contribution in [1.82, 2.24) is 4.72 Å². The van der Waals surface area contributed by atoms with Crippen molar-refractivity contribution in [3.05, 3.63) is 59.7 Å². The number of nitrogens with two attached hydrogens (primary N) is 1. The molecule has 0 heterocycles. The predicted octanol–water partition coefficient (Wildman–Crippen LogP) is 1.65. The molecule has 0 bridgehead atoms. The first-order chi connectivity index (χ1) is 11.0. The fraction of sp³-hybridized carbons (Fsp3) is 0.143. The molecule has 0 aliphatic carbocycles. The standard InChI is InChI=1S/C14H14F2N2O4S2/c1-9(10-5-7-11(8-6-10)23(17,19)20)18-24(21,22)14-12(15)3-2-4-13(14)16/h2-9,18H,1H3,(H2,17,19,20)/t9-/m0/s1. The Morgan fingerprint density at radius 3 is 1.92 bits per heavy atom. The van der Waals surface area contributed by atoms with Gasteiger partial charge >= 0.3 is 0 Å². The fourth-order valence-electron chi connectivity index (χ4n) is 2.05. The zero-order valence-electron chi connectivity index (χ0n) is 12.4. The molecule has 0 radical (unpaired) electrons. The zero-order chi connectivity index (χ0) is 18.1. The van der Waals surface area contributed by atoms with Crippen molar-refractivity contribution in [2.45, 2.75) is 22.8 Å². The summed E-state index contributed by atoms with van der Waals surface area (Å²) in [7, 11) is -8.32. The SMILES string of the molecule is C[C@H](NS(=O)(=O)c1c(F)cccc1F)c1ccc(S(N)(=O)=O)cc1. The summed E-state index contributed by atoms with van der Waals surface area (Å²) >= 11 is 0. The summed E-state index contributed by atoms with van der Waals surface area (Å²) in [6.07, 6.45) is 0. The number of nitrogens with one attached hydrogen (secondary N) is 1. The molecule has 0 aliphatic rings. The molecule has 0 saturated carbocycles. The van der Waals surface area contributed by atoms with Crippen LogP contribution in [0.15, 0.2) is 52.3 Å². The van der Waals surface area contributed by atoms with Gasteiger partial charge in [-0.05, 0) is 36.8 Å². The van der Waals surface area contributed by atoms with E-state index in [9.17, 15) is 25.6 Å². The van der Waals surface area contributed by atoms with Gasteiger partial charge < -0.3 is 0 Å². The molecule has 24 heavy (non-hydrogen) atoms. The topological polar surface area (TPSA) is 106 Å². The number of hydrogen-bond donors (Lipinski definition) is 2. The molecule has 2 aromatic rings. The van der Waals surface area contributed by atoms with Crippen molar-refractivity contribution in [1.29, 1.82) is 0 Å². The lowest BCUT2D eigenvalue weighted by atomic mass is 10.1. The van der Waals surface area contributed by atoms with Crippen LogP contribution in [0.3, 0.4) is 0 Å². The van der Waals surface area contributed by atoms with Crippen LogP contribution in [0.4, 0.5) is 8.78 Å². The Bertz CT molecular complexity index is 939. The van der Waals surface area contributed by atoms with Gasteiger partial charge in [0.05, 0.1) is 4.90 Å². The molecule has 0 aromatic heterocycles. The minimum atomic E-state index is -4.45. The predicted molar refractivity (Wildman–Crippen MR) is 82.9 cm³/mol. The minimum Gasteiger partial charge on any atom is -0.225 e. The Hall–Kier alpha value is -1.88. The summed E-state index contributed by atoms with van der Waals surface area (Å²) < 4.78 is 76.2. The third-order valence-corrected chi connectivity index (χ3v) is 5.75. The average Bonchev–Trinajstić information content (AvgIpc) is 2.45. The molecule has 1 atom stereocenters. The van der Waals surface area contributed by atoms with Crippen LogP contribution in [-0.2, 0) is 20.0 Å². The first-order valence-corrected chi connectivity index (χ1v) is 9.64. The molecule has 2 rings (SSSR count). The van der Waals surface area contributed by atoms with Crippen LogP contribution in [0, 0.1) is 11.6 Å². The monoisotopic (exact) mass is 376 g/mol. The molecular weight excluding hydrogens is 362 g/mol. The summed E-state index contributed by atoms with van der Waals surface area (Å²) in [5.74, 6) is -2.42. The van der Waals surface area contributed by atoms with Crippen molar-refractivity contribution in [3.8, 4) is 0 Å². The number of primary sulfonamides is 1. The van der Waals surface area contributed by atoms with Gasteiger partial charge in [-0.15, -0.1) is 0 Å². The normalized spacial score (nSPS) is 13.7. The summed E-state index contributed by atoms with van der Waals surface area (Å²) in [6, 6.07) is 6.99. The van der Waals surface area contributed by atoms with Gasteiger partial charge in [0.25, 0.3) is 0 Å². The van der Waals surface area contributed by atoms with Crippen molar-refractivity contribution in [2.75, 3.05) is 0 Å². The van der Waals surface area contributed by atoms with E-state index in [-0.39, 0.29) is 4.90 Å². The van der Waals surface area contributed by atoms with E-state index in [1.54, 1.807) is 0 Å². The van der Waals surface area contributed by atoms with Crippen LogP contribution >= 0.6 is 0 Å². The molecule has 0 aliphatic heterocycles. The third-order valence-electron chi connectivity index (χ3n) is 3.23. The van der Waals surface area contributed by atoms with E-state index in [4.69, 9.17) is 5.14 Å². The highest BCUT2D eigenvalue weighted by Crippen LogP contribution is 2.22. The Kier molecular flexibility index (Phi) is 5.04. The lowest BCUT2D eigenvalue weighted by Gasteiger charge is -2.15. The molecule has 10 heteroatoms. The highest BCUT2D eigenvalue weighted by molar-refractivity contribution is 7.89. The van der Waals surface area contributed by atoms with Gasteiger partial charge in [-0.3, -0.25) is 0 Å². The van der Waals surface area contributed by atoms with Crippen LogP contribution in [0.1, 0.15) is 18.5 Å². The number of sulfonamides is 2. The molecule has 0 unspecified atom stereocenters. The van der Waals surface area contributed by atoms with Crippen molar-refractivity contribution < 1.29 is 25.6 Å². The van der Waals surface area contributed by atoms with Crippen LogP contribution in [0.2, 0.25) is 0 Å². The Labute approximate surface area is 138 Å². The van der Waals surface area contributed by atoms with Gasteiger partial charge in [0.2, 0.25) is 20.0 Å². The lowest BCUT2D eigenvalue weighted by molar-refractivity contribution is 0.509. The molecule has 0 fully saturated rings. The highest BCUT2D eigenvalue weighted by Gasteiger charge is 2.26. The van der Waals surface area contributed by atoms with E-state index < -0.39 is 42.6 Å². The number of rotatable bonds is 5. The fourth-order valence-corrected chi connectivity index (χ4v) is 3.93. The van der Waals surface area contributed by atoms with Gasteiger partial charge in [0, 0.05) is 6.04 Å². The van der Waals surface area contributed by atoms with Crippen LogP contribution < -0.4 is 9.86 Å². The maximum absolute atomic E-state index is 13.6. The van der Waals surface area contributed by atoms with Gasteiger partial charge in [-0.2, -0.15) is 0 Å². The minimum absolute atomic E-state index is 0.138. The van der Waals surface area contributed by atoms with Crippen LogP contribution in [0.25, 0.3) is 0 Å². The second kappa shape index (κ2) is 6.55. The molecular formula is C14H14F2N2O4S2. The molecule has 2 aromatic carbocycles. The maximum atomic E-state index is 13.6. The molecule has 0 amide bonds. The number of hydrogen-bond acceptors (Lipinski definition) is 4. The summed E-state index contributed by atoms with van der Waals surface area (Å²) in [5.41, 5.74) is 0.391. The van der Waals surface area contributed by atoms with Gasteiger partial charge in [-0.25, -0.2) is 35.5 Å². The van der Waals surface area contributed by atoms with Crippen molar-refractivity contribution in [3.63, 3.8) is 0 Å². The molecule has 0 spiro atoms. The van der Waals surface area contributed by atoms with Gasteiger partial charge in [0.15, 0.2) is 4.90 Å². The average molecular weight is 376 g/mol. The quantitative estimate of drug-likeness (QED) is 0.827. The van der Waals surface area contributed by atoms with E-state index in [1.807, 2.05) is 0 Å². The Morgan fingerprint density at radius 1 is 0.958 bits per heavy atom. The number of halogens is 2. The van der Waals surface area contributed by atoms with Crippen LogP contribution in [-0.4, -0.2) is 16.8 Å². The summed E-state index contributed by atoms with van der Waals surface area (Å²) in [6.45, 7) is 1.45. The molecule has 0 saturated heterocycles. The van der Waals surface area contributed by atoms with Crippen LogP contribution in [0.5, 0.6) is 0 Å². The first-order valence-electron chi connectivity index (χ1n) is 6.61. The highest BCUT2D eigenvalue weighted by atomic mass is 32.2. The largest absolute Gasteiger partial charge is 0.246 e. The van der Waals surface area contributed by atoms with Gasteiger partial charge in [-0.1, -0.05) is 18.2 Å². The second-order valence-corrected chi connectivity index (χ2v) is 8.22. The van der Waals surface area contributed by atoms with E-state index in [0.29, 0.717) is 5.56 Å². The maximum Gasteiger partial charge on any atom is 0.246 e. The Balaban J connectivity index is 2.30. The summed E-state index contributed by atoms with van der Waals surface area (Å²) in [4.78, 5) is -1.21. The molecule has 6 nitrogen and oxygen atoms in total. The lowest BCUT2D eigenvalue weighted by Crippen LogP contribution is -2.28. The Morgan fingerprint density at radius 2 is 1.46 bits per heavy atom. The van der Waals surface area contributed by atoms with Crippen molar-refractivity contribution in [2.24, 2.45) is 5.14 Å². The molecule has 3 N–H and O–H groups in total. The van der Waals surface area contributed by atoms with E-state index in [0.717, 1.165) is 18.2 Å². The van der Waals surface area contributed by atoms with Crippen molar-refractivity contribution >= 4 is 20.0 Å². The number of benzene rings is 2. The smallest absolute Gasteiger partial charge is 0.225 e. The second-order valence-electron chi connectivity index (χ2n) is 5.01. The van der Waals surface area contributed by atoms with Gasteiger partial charge in [0.1, 0.15) is 11.6 Å². The van der Waals surface area contributed by atoms with E-state index in [1.165, 1.54) is 31.2 Å². The van der Waals surface area contributed by atoms with E-state index in [2.05, 4.69) is 4.72 Å². The van der Waals surface area contributed by atoms with E-state index >= 15 is 0 Å². The molecule has 130 valence electrons. The third kappa shape index (κ3) is 3.96. The zero-order valence-corrected chi connectivity index (χ0v) is 14.0. The summed E-state index contributed by atoms with van der Waals surface area (Å²) in [5, 5.41) is 4.97. The first kappa shape index (κ1) is 18.5.